The molecule has 2 N–H and O–H groups in total. The zero-order valence-electron chi connectivity index (χ0n) is 13.6. The Bertz CT molecular complexity index is 547. The molecule has 1 aliphatic carbocycles. The van der Waals surface area contributed by atoms with E-state index in [9.17, 15) is 14.7 Å². The molecule has 1 amide bonds. The van der Waals surface area contributed by atoms with E-state index in [1.165, 1.54) is 11.1 Å². The number of nitrogens with one attached hydrogen (secondary N) is 1. The van der Waals surface area contributed by atoms with Crippen molar-refractivity contribution in [2.75, 3.05) is 12.0 Å². The minimum absolute atomic E-state index is 0.116. The van der Waals surface area contributed by atoms with Crippen molar-refractivity contribution in [3.63, 3.8) is 0 Å². The predicted molar refractivity (Wildman–Crippen MR) is 93.8 cm³/mol. The fourth-order valence-corrected chi connectivity index (χ4v) is 3.55. The van der Waals surface area contributed by atoms with Gasteiger partial charge in [0.2, 0.25) is 5.91 Å². The third-order valence-electron chi connectivity index (χ3n) is 4.43. The number of benzene rings is 1. The second-order valence-electron chi connectivity index (χ2n) is 6.10. The SMILES string of the molecule is CSCCC(NC(=O)[C@H]1CCCCc2ccccc2C1)C(=O)O. The molecule has 0 saturated heterocycles. The van der Waals surface area contributed by atoms with Crippen LogP contribution in [0.25, 0.3) is 0 Å². The summed E-state index contributed by atoms with van der Waals surface area (Å²) in [7, 11) is 0. The van der Waals surface area contributed by atoms with Crippen molar-refractivity contribution >= 4 is 23.6 Å². The molecule has 2 atom stereocenters. The predicted octanol–water partition coefficient (Wildman–Crippen LogP) is 2.89. The van der Waals surface area contributed by atoms with Crippen LogP contribution < -0.4 is 5.32 Å². The van der Waals surface area contributed by atoms with Crippen LogP contribution in [0.5, 0.6) is 0 Å². The van der Waals surface area contributed by atoms with Gasteiger partial charge in [-0.1, -0.05) is 30.7 Å². The number of fused-ring (bicyclic) bond motifs is 1. The average molecular weight is 335 g/mol. The molecular formula is C18H25NO3S. The van der Waals surface area contributed by atoms with Gasteiger partial charge in [0.05, 0.1) is 0 Å². The molecule has 0 radical (unpaired) electrons. The van der Waals surface area contributed by atoms with E-state index in [0.29, 0.717) is 12.8 Å². The fraction of sp³-hybridized carbons (Fsp3) is 0.556. The maximum atomic E-state index is 12.6. The molecule has 1 aromatic rings. The Morgan fingerprint density at radius 2 is 2.04 bits per heavy atom. The Balaban J connectivity index is 2.04. The van der Waals surface area contributed by atoms with Crippen molar-refractivity contribution in [1.82, 2.24) is 5.32 Å². The Kier molecular flexibility index (Phi) is 6.96. The van der Waals surface area contributed by atoms with E-state index < -0.39 is 12.0 Å². The number of carboxylic acids is 1. The molecule has 1 aromatic carbocycles. The molecule has 1 unspecified atom stereocenters. The summed E-state index contributed by atoms with van der Waals surface area (Å²) in [6.45, 7) is 0. The number of carbonyl (C=O) groups excluding carboxylic acids is 1. The van der Waals surface area contributed by atoms with Gasteiger partial charge in [-0.25, -0.2) is 4.79 Å². The smallest absolute Gasteiger partial charge is 0.326 e. The average Bonchev–Trinajstić information content (AvgIpc) is 2.51. The Labute approximate surface area is 142 Å². The van der Waals surface area contributed by atoms with Crippen LogP contribution >= 0.6 is 11.8 Å². The first kappa shape index (κ1) is 17.9. The first-order valence-corrected chi connectivity index (χ1v) is 9.60. The molecule has 23 heavy (non-hydrogen) atoms. The molecule has 5 heteroatoms. The van der Waals surface area contributed by atoms with Gasteiger partial charge in [-0.05, 0) is 55.2 Å². The molecule has 2 rings (SSSR count). The summed E-state index contributed by atoms with van der Waals surface area (Å²) in [5.74, 6) is -0.466. The van der Waals surface area contributed by atoms with Crippen LogP contribution in [0.15, 0.2) is 24.3 Å². The van der Waals surface area contributed by atoms with E-state index in [0.717, 1.165) is 31.4 Å². The lowest BCUT2D eigenvalue weighted by atomic mass is 9.86. The maximum Gasteiger partial charge on any atom is 0.326 e. The largest absolute Gasteiger partial charge is 0.480 e. The van der Waals surface area contributed by atoms with Crippen LogP contribution in [0.4, 0.5) is 0 Å². The van der Waals surface area contributed by atoms with Crippen molar-refractivity contribution in [3.8, 4) is 0 Å². The van der Waals surface area contributed by atoms with E-state index in [2.05, 4.69) is 17.4 Å². The van der Waals surface area contributed by atoms with Crippen molar-refractivity contribution in [1.29, 1.82) is 0 Å². The molecule has 0 aliphatic heterocycles. The summed E-state index contributed by atoms with van der Waals surface area (Å²) >= 11 is 1.59. The molecule has 0 spiro atoms. The summed E-state index contributed by atoms with van der Waals surface area (Å²) in [5, 5.41) is 12.0. The number of aliphatic carboxylic acids is 1. The number of aryl methyl sites for hydroxylation is 1. The third kappa shape index (κ3) is 5.27. The molecule has 0 saturated carbocycles. The number of amides is 1. The lowest BCUT2D eigenvalue weighted by Crippen LogP contribution is -2.44. The van der Waals surface area contributed by atoms with E-state index >= 15 is 0 Å². The third-order valence-corrected chi connectivity index (χ3v) is 5.07. The highest BCUT2D eigenvalue weighted by Crippen LogP contribution is 2.24. The highest BCUT2D eigenvalue weighted by atomic mass is 32.2. The van der Waals surface area contributed by atoms with E-state index in [4.69, 9.17) is 0 Å². The molecule has 0 bridgehead atoms. The molecule has 1 aliphatic rings. The topological polar surface area (TPSA) is 66.4 Å². The fourth-order valence-electron chi connectivity index (χ4n) is 3.08. The van der Waals surface area contributed by atoms with Gasteiger partial charge in [-0.15, -0.1) is 0 Å². The van der Waals surface area contributed by atoms with Gasteiger partial charge in [0.15, 0.2) is 0 Å². The van der Waals surface area contributed by atoms with Gasteiger partial charge in [0, 0.05) is 5.92 Å². The van der Waals surface area contributed by atoms with E-state index in [1.807, 2.05) is 18.4 Å². The number of thioether (sulfide) groups is 1. The summed E-state index contributed by atoms with van der Waals surface area (Å²) in [6.07, 6.45) is 7.09. The van der Waals surface area contributed by atoms with Crippen molar-refractivity contribution < 1.29 is 14.7 Å². The van der Waals surface area contributed by atoms with Crippen molar-refractivity contribution in [2.45, 2.75) is 44.6 Å². The molecule has 126 valence electrons. The zero-order chi connectivity index (χ0) is 16.7. The van der Waals surface area contributed by atoms with Gasteiger partial charge >= 0.3 is 5.97 Å². The molecule has 0 aromatic heterocycles. The Hall–Kier alpha value is -1.49. The van der Waals surface area contributed by atoms with Crippen LogP contribution in [0, 0.1) is 5.92 Å². The molecular weight excluding hydrogens is 310 g/mol. The molecule has 0 fully saturated rings. The first-order valence-electron chi connectivity index (χ1n) is 8.20. The lowest BCUT2D eigenvalue weighted by molar-refractivity contribution is -0.142. The monoisotopic (exact) mass is 335 g/mol. The molecule has 4 nitrogen and oxygen atoms in total. The van der Waals surface area contributed by atoms with Gasteiger partial charge in [0.1, 0.15) is 6.04 Å². The number of carboxylic acid groups (broad SMARTS) is 1. The zero-order valence-corrected chi connectivity index (χ0v) is 14.4. The van der Waals surface area contributed by atoms with Gasteiger partial charge in [-0.3, -0.25) is 4.79 Å². The first-order chi connectivity index (χ1) is 11.1. The van der Waals surface area contributed by atoms with Gasteiger partial charge in [0.25, 0.3) is 0 Å². The van der Waals surface area contributed by atoms with Gasteiger partial charge < -0.3 is 10.4 Å². The number of hydrogen-bond donors (Lipinski definition) is 2. The Morgan fingerprint density at radius 1 is 1.30 bits per heavy atom. The minimum Gasteiger partial charge on any atom is -0.480 e. The van der Waals surface area contributed by atoms with Crippen LogP contribution in [0.3, 0.4) is 0 Å². The van der Waals surface area contributed by atoms with Crippen LogP contribution in [-0.4, -0.2) is 35.0 Å². The molecule has 0 heterocycles. The van der Waals surface area contributed by atoms with E-state index in [-0.39, 0.29) is 11.8 Å². The summed E-state index contributed by atoms with van der Waals surface area (Å²) < 4.78 is 0. The summed E-state index contributed by atoms with van der Waals surface area (Å²) in [6, 6.07) is 7.49. The van der Waals surface area contributed by atoms with Crippen molar-refractivity contribution in [3.05, 3.63) is 35.4 Å². The quantitative estimate of drug-likeness (QED) is 0.839. The second-order valence-corrected chi connectivity index (χ2v) is 7.08. The van der Waals surface area contributed by atoms with E-state index in [1.54, 1.807) is 11.8 Å². The standard InChI is InChI=1S/C18H25NO3S/c1-23-11-10-16(18(21)22)19-17(20)15-9-5-3-7-13-6-2-4-8-14(13)12-15/h2,4,6,8,15-16H,3,5,7,9-12H2,1H3,(H,19,20)(H,21,22)/t15-,16?/m0/s1. The van der Waals surface area contributed by atoms with Crippen LogP contribution in [-0.2, 0) is 22.4 Å². The normalized spacial score (nSPS) is 19.1. The number of carbonyl (C=O) groups is 2. The maximum absolute atomic E-state index is 12.6. The number of rotatable bonds is 6. The Morgan fingerprint density at radius 3 is 2.74 bits per heavy atom. The summed E-state index contributed by atoms with van der Waals surface area (Å²) in [5.41, 5.74) is 2.55. The van der Waals surface area contributed by atoms with Gasteiger partial charge in [-0.2, -0.15) is 11.8 Å². The number of hydrogen-bond acceptors (Lipinski definition) is 3. The highest BCUT2D eigenvalue weighted by molar-refractivity contribution is 7.98. The van der Waals surface area contributed by atoms with Crippen molar-refractivity contribution in [2.24, 2.45) is 5.92 Å². The second kappa shape index (κ2) is 8.96. The van der Waals surface area contributed by atoms with Crippen LogP contribution in [0.2, 0.25) is 0 Å². The summed E-state index contributed by atoms with van der Waals surface area (Å²) in [4.78, 5) is 23.9. The minimum atomic E-state index is -0.946. The lowest BCUT2D eigenvalue weighted by Gasteiger charge is -2.23. The highest BCUT2D eigenvalue weighted by Gasteiger charge is 2.26. The van der Waals surface area contributed by atoms with Crippen LogP contribution in [0.1, 0.15) is 36.8 Å².